The van der Waals surface area contributed by atoms with Crippen LogP contribution in [0.3, 0.4) is 0 Å². The molecule has 1 saturated carbocycles. The molecule has 104 valence electrons. The van der Waals surface area contributed by atoms with Gasteiger partial charge in [-0.15, -0.1) is 0 Å². The summed E-state index contributed by atoms with van der Waals surface area (Å²) in [5, 5.41) is 9.27. The summed E-state index contributed by atoms with van der Waals surface area (Å²) in [4.78, 5) is 14.4. The Morgan fingerprint density at radius 3 is 2.79 bits per heavy atom. The van der Waals surface area contributed by atoms with Gasteiger partial charge in [-0.3, -0.25) is 4.79 Å². The van der Waals surface area contributed by atoms with E-state index in [0.29, 0.717) is 29.2 Å². The lowest BCUT2D eigenvalue weighted by Crippen LogP contribution is -2.45. The minimum absolute atomic E-state index is 0.0845. The van der Waals surface area contributed by atoms with Gasteiger partial charge in [-0.05, 0) is 37.8 Å². The molecule has 1 aliphatic rings. The first-order valence-corrected chi connectivity index (χ1v) is 6.98. The predicted molar refractivity (Wildman–Crippen MR) is 76.2 cm³/mol. The highest BCUT2D eigenvalue weighted by atomic mass is 35.5. The summed E-state index contributed by atoms with van der Waals surface area (Å²) in [7, 11) is 0. The molecule has 0 spiro atoms. The average Bonchev–Trinajstić information content (AvgIpc) is 2.34. The zero-order valence-corrected chi connectivity index (χ0v) is 11.6. The highest BCUT2D eigenvalue weighted by Gasteiger charge is 2.30. The number of hydrogen-bond donors (Lipinski definition) is 2. The van der Waals surface area contributed by atoms with E-state index in [2.05, 4.69) is 0 Å². The van der Waals surface area contributed by atoms with Gasteiger partial charge in [0.1, 0.15) is 0 Å². The molecule has 1 aromatic carbocycles. The van der Waals surface area contributed by atoms with Gasteiger partial charge in [0, 0.05) is 19.2 Å². The minimum atomic E-state index is -0.0875. The van der Waals surface area contributed by atoms with Crippen LogP contribution in [0, 0.1) is 0 Å². The summed E-state index contributed by atoms with van der Waals surface area (Å²) >= 11 is 6.11. The molecular weight excluding hydrogens is 264 g/mol. The van der Waals surface area contributed by atoms with Crippen molar-refractivity contribution in [1.82, 2.24) is 4.90 Å². The number of rotatable bonds is 5. The topological polar surface area (TPSA) is 66.6 Å². The van der Waals surface area contributed by atoms with Crippen LogP contribution in [0.4, 0.5) is 5.69 Å². The first-order valence-electron chi connectivity index (χ1n) is 6.61. The summed E-state index contributed by atoms with van der Waals surface area (Å²) in [6, 6.07) is 5.39. The van der Waals surface area contributed by atoms with Crippen LogP contribution in [0.25, 0.3) is 0 Å². The molecule has 0 heterocycles. The van der Waals surface area contributed by atoms with Gasteiger partial charge in [-0.25, -0.2) is 0 Å². The molecule has 1 aliphatic carbocycles. The van der Waals surface area contributed by atoms with Crippen LogP contribution in [0.2, 0.25) is 5.02 Å². The third-order valence-electron chi connectivity index (χ3n) is 3.59. The number of hydrogen-bond acceptors (Lipinski definition) is 3. The van der Waals surface area contributed by atoms with E-state index in [0.717, 1.165) is 19.3 Å². The van der Waals surface area contributed by atoms with Crippen molar-refractivity contribution in [2.45, 2.75) is 31.7 Å². The van der Waals surface area contributed by atoms with Crippen LogP contribution < -0.4 is 5.73 Å². The van der Waals surface area contributed by atoms with Crippen LogP contribution in [-0.2, 0) is 0 Å². The summed E-state index contributed by atoms with van der Waals surface area (Å²) in [5.74, 6) is -0.0875. The van der Waals surface area contributed by atoms with Gasteiger partial charge in [0.15, 0.2) is 0 Å². The fourth-order valence-electron chi connectivity index (χ4n) is 2.26. The fraction of sp³-hybridized carbons (Fsp3) is 0.500. The summed E-state index contributed by atoms with van der Waals surface area (Å²) in [6.07, 6.45) is 3.79. The second-order valence-corrected chi connectivity index (χ2v) is 5.25. The van der Waals surface area contributed by atoms with E-state index in [1.165, 1.54) is 0 Å². The van der Waals surface area contributed by atoms with Crippen molar-refractivity contribution >= 4 is 23.2 Å². The van der Waals surface area contributed by atoms with Crippen molar-refractivity contribution < 1.29 is 9.90 Å². The van der Waals surface area contributed by atoms with Crippen molar-refractivity contribution in [3.63, 3.8) is 0 Å². The predicted octanol–water partition coefficient (Wildman–Crippen LogP) is 2.30. The number of nitrogen functional groups attached to an aromatic ring is 1. The SMILES string of the molecule is Nc1cccc(C(=O)N(CCCO)C2CCC2)c1Cl. The lowest BCUT2D eigenvalue weighted by Gasteiger charge is -2.37. The number of benzene rings is 1. The lowest BCUT2D eigenvalue weighted by molar-refractivity contribution is 0.0563. The normalized spacial score (nSPS) is 15.1. The lowest BCUT2D eigenvalue weighted by atomic mass is 9.90. The number of anilines is 1. The standard InChI is InChI=1S/C14H19ClN2O2/c15-13-11(6-2-7-12(13)16)14(19)17(8-3-9-18)10-4-1-5-10/h2,6-7,10,18H,1,3-5,8-9,16H2. The van der Waals surface area contributed by atoms with Crippen LogP contribution in [0.1, 0.15) is 36.0 Å². The van der Waals surface area contributed by atoms with Gasteiger partial charge in [-0.2, -0.15) is 0 Å². The Morgan fingerprint density at radius 1 is 1.47 bits per heavy atom. The molecular formula is C14H19ClN2O2. The Bertz CT molecular complexity index is 461. The van der Waals surface area contributed by atoms with E-state index < -0.39 is 0 Å². The van der Waals surface area contributed by atoms with E-state index in [1.54, 1.807) is 18.2 Å². The van der Waals surface area contributed by atoms with Crippen molar-refractivity contribution in [1.29, 1.82) is 0 Å². The molecule has 19 heavy (non-hydrogen) atoms. The smallest absolute Gasteiger partial charge is 0.255 e. The maximum absolute atomic E-state index is 12.6. The quantitative estimate of drug-likeness (QED) is 0.815. The molecule has 0 unspecified atom stereocenters. The molecule has 0 radical (unpaired) electrons. The highest BCUT2D eigenvalue weighted by Crippen LogP contribution is 2.29. The molecule has 1 fully saturated rings. The minimum Gasteiger partial charge on any atom is -0.398 e. The number of carbonyl (C=O) groups excluding carboxylic acids is 1. The number of aliphatic hydroxyl groups is 1. The second-order valence-electron chi connectivity index (χ2n) is 4.87. The molecule has 0 atom stereocenters. The van der Waals surface area contributed by atoms with E-state index in [-0.39, 0.29) is 18.6 Å². The van der Waals surface area contributed by atoms with Gasteiger partial charge in [0.25, 0.3) is 5.91 Å². The van der Waals surface area contributed by atoms with Gasteiger partial charge in [0.05, 0.1) is 16.3 Å². The van der Waals surface area contributed by atoms with E-state index >= 15 is 0 Å². The van der Waals surface area contributed by atoms with E-state index in [4.69, 9.17) is 22.4 Å². The first kappa shape index (κ1) is 14.2. The van der Waals surface area contributed by atoms with Crippen LogP contribution in [-0.4, -0.2) is 35.1 Å². The molecule has 0 aliphatic heterocycles. The van der Waals surface area contributed by atoms with Crippen LogP contribution in [0.15, 0.2) is 18.2 Å². The largest absolute Gasteiger partial charge is 0.398 e. The van der Waals surface area contributed by atoms with Crippen LogP contribution >= 0.6 is 11.6 Å². The number of amides is 1. The second kappa shape index (κ2) is 6.26. The maximum Gasteiger partial charge on any atom is 0.255 e. The number of nitrogens with zero attached hydrogens (tertiary/aromatic N) is 1. The first-order chi connectivity index (χ1) is 9.15. The van der Waals surface area contributed by atoms with Crippen molar-refractivity contribution in [2.75, 3.05) is 18.9 Å². The van der Waals surface area contributed by atoms with Crippen LogP contribution in [0.5, 0.6) is 0 Å². The third kappa shape index (κ3) is 3.01. The molecule has 0 bridgehead atoms. The third-order valence-corrected chi connectivity index (χ3v) is 4.01. The summed E-state index contributed by atoms with van der Waals surface area (Å²) in [5.41, 5.74) is 6.61. The average molecular weight is 283 g/mol. The molecule has 1 aromatic rings. The Hall–Kier alpha value is -1.26. The van der Waals surface area contributed by atoms with Gasteiger partial charge >= 0.3 is 0 Å². The fourth-order valence-corrected chi connectivity index (χ4v) is 2.47. The molecule has 5 heteroatoms. The molecule has 3 N–H and O–H groups in total. The Labute approximate surface area is 118 Å². The highest BCUT2D eigenvalue weighted by molar-refractivity contribution is 6.36. The molecule has 2 rings (SSSR count). The zero-order valence-electron chi connectivity index (χ0n) is 10.8. The Morgan fingerprint density at radius 2 is 2.21 bits per heavy atom. The maximum atomic E-state index is 12.6. The van der Waals surface area contributed by atoms with Crippen molar-refractivity contribution in [2.24, 2.45) is 0 Å². The molecule has 4 nitrogen and oxygen atoms in total. The van der Waals surface area contributed by atoms with Crippen molar-refractivity contribution in [3.8, 4) is 0 Å². The molecule has 0 saturated heterocycles. The zero-order chi connectivity index (χ0) is 13.8. The summed E-state index contributed by atoms with van der Waals surface area (Å²) in [6.45, 7) is 0.645. The number of carbonyl (C=O) groups is 1. The summed E-state index contributed by atoms with van der Waals surface area (Å²) < 4.78 is 0. The Balaban J connectivity index is 2.20. The number of nitrogens with two attached hydrogens (primary N) is 1. The number of halogens is 1. The number of aliphatic hydroxyl groups excluding tert-OH is 1. The molecule has 1 amide bonds. The van der Waals surface area contributed by atoms with Gasteiger partial charge in [0.2, 0.25) is 0 Å². The molecule has 0 aromatic heterocycles. The monoisotopic (exact) mass is 282 g/mol. The van der Waals surface area contributed by atoms with E-state index in [9.17, 15) is 4.79 Å². The van der Waals surface area contributed by atoms with Crippen molar-refractivity contribution in [3.05, 3.63) is 28.8 Å². The van der Waals surface area contributed by atoms with E-state index in [1.807, 2.05) is 4.90 Å². The van der Waals surface area contributed by atoms with Gasteiger partial charge in [-0.1, -0.05) is 17.7 Å². The Kier molecular flexibility index (Phi) is 4.66. The van der Waals surface area contributed by atoms with Gasteiger partial charge < -0.3 is 15.7 Å².